The van der Waals surface area contributed by atoms with Crippen LogP contribution in [-0.2, 0) is 38.2 Å². The molecule has 1 aliphatic carbocycles. The molecule has 1 aliphatic heterocycles. The highest BCUT2D eigenvalue weighted by atomic mass is 16.5. The number of nitrogens with two attached hydrogens (primary N) is 1. The zero-order valence-electron chi connectivity index (χ0n) is 33.2. The summed E-state index contributed by atoms with van der Waals surface area (Å²) in [6, 6.07) is 4.04. The number of amides is 4. The van der Waals surface area contributed by atoms with Crippen molar-refractivity contribution in [3.05, 3.63) is 35.4 Å². The second-order valence-corrected chi connectivity index (χ2v) is 16.4. The third kappa shape index (κ3) is 13.6. The molecule has 13 heteroatoms. The first kappa shape index (κ1) is 44.3. The number of benzene rings is 1. The third-order valence-electron chi connectivity index (χ3n) is 9.92. The summed E-state index contributed by atoms with van der Waals surface area (Å²) in [6.45, 7) is 13.5. The van der Waals surface area contributed by atoms with Crippen molar-refractivity contribution in [1.82, 2.24) is 15.5 Å². The minimum absolute atomic E-state index is 0.108. The lowest BCUT2D eigenvalue weighted by Gasteiger charge is -2.34. The second kappa shape index (κ2) is 20.5. The number of hydrogen-bond acceptors (Lipinski definition) is 9. The Balaban J connectivity index is 1.76. The fourth-order valence-corrected chi connectivity index (χ4v) is 7.40. The lowest BCUT2D eigenvalue weighted by Crippen LogP contribution is -2.55. The van der Waals surface area contributed by atoms with Crippen LogP contribution < -0.4 is 16.4 Å². The largest absolute Gasteiger partial charge is 0.449 e. The van der Waals surface area contributed by atoms with Crippen LogP contribution in [0.15, 0.2) is 24.3 Å². The van der Waals surface area contributed by atoms with Gasteiger partial charge < -0.3 is 30.7 Å². The number of Topliss-reactive ketones (excluding diaryl/α,β-unsaturated/α-hetero) is 3. The van der Waals surface area contributed by atoms with Crippen LogP contribution in [-0.4, -0.2) is 83.0 Å². The highest BCUT2D eigenvalue weighted by Gasteiger charge is 2.46. The van der Waals surface area contributed by atoms with Crippen molar-refractivity contribution in [3.8, 4) is 0 Å². The quantitative estimate of drug-likeness (QED) is 0.162. The van der Waals surface area contributed by atoms with Crippen LogP contribution in [0.5, 0.6) is 0 Å². The lowest BCUT2D eigenvalue weighted by atomic mass is 9.83. The normalized spacial score (nSPS) is 19.4. The summed E-state index contributed by atoms with van der Waals surface area (Å²) in [4.78, 5) is 94.6. The molecule has 4 amide bonds. The molecule has 0 spiro atoms. The van der Waals surface area contributed by atoms with Crippen LogP contribution in [0.2, 0.25) is 0 Å². The van der Waals surface area contributed by atoms with Crippen molar-refractivity contribution in [3.63, 3.8) is 0 Å². The number of hydrogen-bond donors (Lipinski definition) is 3. The van der Waals surface area contributed by atoms with E-state index in [4.69, 9.17) is 15.2 Å². The average molecular weight is 755 g/mol. The van der Waals surface area contributed by atoms with Gasteiger partial charge in [0.05, 0.1) is 24.4 Å². The highest BCUT2D eigenvalue weighted by molar-refractivity contribution is 6.38. The number of nitrogens with zero attached hydrogens (tertiary/aromatic N) is 1. The summed E-state index contributed by atoms with van der Waals surface area (Å²) in [5, 5.41) is 5.38. The van der Waals surface area contributed by atoms with Crippen molar-refractivity contribution < 1.29 is 43.0 Å². The number of alkyl carbamates (subject to hydrolysis) is 1. The Kier molecular flexibility index (Phi) is 16.8. The van der Waals surface area contributed by atoms with Crippen molar-refractivity contribution >= 4 is 41.2 Å². The van der Waals surface area contributed by atoms with E-state index in [1.807, 2.05) is 54.5 Å². The summed E-state index contributed by atoms with van der Waals surface area (Å²) in [6.07, 6.45) is 3.19. The number of carbonyl (C=O) groups excluding carboxylic acids is 7. The van der Waals surface area contributed by atoms with Gasteiger partial charge in [0.25, 0.3) is 0 Å². The van der Waals surface area contributed by atoms with E-state index >= 15 is 0 Å². The summed E-state index contributed by atoms with van der Waals surface area (Å²) in [7, 11) is 0. The van der Waals surface area contributed by atoms with Gasteiger partial charge in [-0.2, -0.15) is 0 Å². The van der Waals surface area contributed by atoms with E-state index in [-0.39, 0.29) is 62.4 Å². The topological polar surface area (TPSA) is 191 Å². The van der Waals surface area contributed by atoms with E-state index in [0.717, 1.165) is 37.7 Å². The van der Waals surface area contributed by atoms with E-state index in [2.05, 4.69) is 10.6 Å². The van der Waals surface area contributed by atoms with Crippen molar-refractivity contribution in [2.45, 2.75) is 149 Å². The Labute approximate surface area is 320 Å². The number of rotatable bonds is 19. The maximum Gasteiger partial charge on any atom is 0.407 e. The fourth-order valence-electron chi connectivity index (χ4n) is 7.40. The van der Waals surface area contributed by atoms with Gasteiger partial charge in [0, 0.05) is 38.1 Å². The first-order valence-corrected chi connectivity index (χ1v) is 19.6. The summed E-state index contributed by atoms with van der Waals surface area (Å²) in [5.41, 5.74) is 6.36. The first-order chi connectivity index (χ1) is 25.4. The number of nitrogens with one attached hydrogen (secondary N) is 2. The first-order valence-electron chi connectivity index (χ1n) is 19.6. The van der Waals surface area contributed by atoms with Crippen LogP contribution >= 0.6 is 0 Å². The second-order valence-electron chi connectivity index (χ2n) is 16.4. The van der Waals surface area contributed by atoms with Gasteiger partial charge in [0.2, 0.25) is 23.5 Å². The average Bonchev–Trinajstić information content (AvgIpc) is 3.52. The SMILES string of the molecule is CCCC(CC(=O)[C@@H]1C[C@@H](OC(C)(C)C)CN1C(=O)[C@@H](NC(=O)OCC(C)C)C1CCCCC1)C(=O)C(=O)CCC(=O)NC(C(N)=O)c1cccc(C)c1. The van der Waals surface area contributed by atoms with E-state index in [9.17, 15) is 33.6 Å². The smallest absolute Gasteiger partial charge is 0.407 e. The molecule has 1 aromatic rings. The van der Waals surface area contributed by atoms with Gasteiger partial charge in [-0.25, -0.2) is 4.79 Å². The number of primary amides is 1. The van der Waals surface area contributed by atoms with Gasteiger partial charge in [-0.1, -0.05) is 76.3 Å². The van der Waals surface area contributed by atoms with Gasteiger partial charge in [-0.05, 0) is 64.4 Å². The Hall–Kier alpha value is -4.13. The fraction of sp³-hybridized carbons (Fsp3) is 0.683. The molecular weight excluding hydrogens is 692 g/mol. The molecule has 0 radical (unpaired) electrons. The summed E-state index contributed by atoms with van der Waals surface area (Å²) < 4.78 is 11.6. The molecule has 4 N–H and O–H groups in total. The minimum atomic E-state index is -1.10. The molecule has 5 atom stereocenters. The molecule has 54 heavy (non-hydrogen) atoms. The Morgan fingerprint density at radius 3 is 2.26 bits per heavy atom. The maximum atomic E-state index is 14.4. The standard InChI is InChI=1S/C41H62N4O9/c1-8-13-29(37(49)32(46)18-19-34(48)43-35(38(42)50)28-17-12-14-26(4)20-28)21-33(47)31-22-30(54-41(5,6)7)23-45(31)39(51)36(27-15-10-9-11-16-27)44-40(52)53-24-25(2)3/h12,14,17,20,25,27,29-31,35-36H,8-11,13,15-16,18-19,21-24H2,1-7H3,(H2,42,50)(H,43,48)(H,44,52)/t29?,30-,31+,35?,36+/m1/s1. The molecule has 300 valence electrons. The van der Waals surface area contributed by atoms with E-state index in [1.54, 1.807) is 18.2 Å². The van der Waals surface area contributed by atoms with Crippen LogP contribution in [0.25, 0.3) is 0 Å². The van der Waals surface area contributed by atoms with Crippen LogP contribution in [0.4, 0.5) is 4.79 Å². The van der Waals surface area contributed by atoms with Crippen LogP contribution in [0, 0.1) is 24.7 Å². The number of likely N-dealkylation sites (tertiary alicyclic amines) is 1. The predicted molar refractivity (Wildman–Crippen MR) is 203 cm³/mol. The predicted octanol–water partition coefficient (Wildman–Crippen LogP) is 5.05. The molecule has 1 saturated heterocycles. The lowest BCUT2D eigenvalue weighted by molar-refractivity contribution is -0.143. The molecule has 2 unspecified atom stereocenters. The van der Waals surface area contributed by atoms with Gasteiger partial charge in [0.1, 0.15) is 12.1 Å². The van der Waals surface area contributed by atoms with Crippen LogP contribution in [0.1, 0.15) is 129 Å². The van der Waals surface area contributed by atoms with E-state index in [1.165, 1.54) is 4.90 Å². The molecular formula is C41H62N4O9. The van der Waals surface area contributed by atoms with Gasteiger partial charge in [-0.3, -0.25) is 28.8 Å². The minimum Gasteiger partial charge on any atom is -0.449 e. The van der Waals surface area contributed by atoms with Crippen molar-refractivity contribution in [1.29, 1.82) is 0 Å². The van der Waals surface area contributed by atoms with E-state index in [0.29, 0.717) is 12.0 Å². The Morgan fingerprint density at radius 2 is 1.67 bits per heavy atom. The molecule has 2 fully saturated rings. The zero-order valence-corrected chi connectivity index (χ0v) is 33.2. The molecule has 1 saturated carbocycles. The maximum absolute atomic E-state index is 14.4. The molecule has 3 rings (SSSR count). The highest BCUT2D eigenvalue weighted by Crippen LogP contribution is 2.32. The Bertz CT molecular complexity index is 1500. The number of ketones is 3. The molecule has 2 aliphatic rings. The number of carbonyl (C=O) groups is 7. The Morgan fingerprint density at radius 1 is 0.981 bits per heavy atom. The number of aryl methyl sites for hydroxylation is 1. The van der Waals surface area contributed by atoms with Crippen molar-refractivity contribution in [2.75, 3.05) is 13.2 Å². The molecule has 1 aromatic carbocycles. The van der Waals surface area contributed by atoms with Gasteiger partial charge >= 0.3 is 6.09 Å². The summed E-state index contributed by atoms with van der Waals surface area (Å²) in [5.74, 6) is -4.65. The van der Waals surface area contributed by atoms with Gasteiger partial charge in [0.15, 0.2) is 11.6 Å². The van der Waals surface area contributed by atoms with Crippen LogP contribution in [0.3, 0.4) is 0 Å². The zero-order chi connectivity index (χ0) is 40.2. The summed E-state index contributed by atoms with van der Waals surface area (Å²) >= 11 is 0. The molecule has 0 bridgehead atoms. The van der Waals surface area contributed by atoms with Crippen molar-refractivity contribution in [2.24, 2.45) is 23.5 Å². The number of ether oxygens (including phenoxy) is 2. The monoisotopic (exact) mass is 754 g/mol. The molecule has 13 nitrogen and oxygen atoms in total. The third-order valence-corrected chi connectivity index (χ3v) is 9.92. The molecule has 0 aromatic heterocycles. The molecule has 1 heterocycles. The van der Waals surface area contributed by atoms with Gasteiger partial charge in [-0.15, -0.1) is 0 Å². The van der Waals surface area contributed by atoms with E-state index < -0.39 is 71.6 Å².